The van der Waals surface area contributed by atoms with E-state index in [0.717, 1.165) is 5.33 Å². The fraction of sp³-hybridized carbons (Fsp3) is 1.00. The fourth-order valence-corrected chi connectivity index (χ4v) is 2.40. The molecular weight excluding hydrogens is 246 g/mol. The summed E-state index contributed by atoms with van der Waals surface area (Å²) in [6, 6.07) is 0.714. The van der Waals surface area contributed by atoms with Crippen molar-refractivity contribution in [1.82, 2.24) is 5.32 Å². The average molecular weight is 268 g/mol. The molecule has 1 unspecified atom stereocenters. The standard InChI is InChI=1S/C10H22BrNS/c1-3-10(6-7-11)12-8-5-9-13-4-2/h10,12H,3-9H2,1-2H3. The van der Waals surface area contributed by atoms with Gasteiger partial charge in [0.25, 0.3) is 0 Å². The predicted octanol–water partition coefficient (Wildman–Crippen LogP) is 3.28. The Morgan fingerprint density at radius 3 is 2.69 bits per heavy atom. The number of hydrogen-bond acceptors (Lipinski definition) is 2. The van der Waals surface area contributed by atoms with Crippen molar-refractivity contribution in [2.24, 2.45) is 0 Å². The molecular formula is C10H22BrNS. The van der Waals surface area contributed by atoms with Crippen LogP contribution in [0, 0.1) is 0 Å². The molecule has 0 aromatic rings. The molecule has 1 atom stereocenters. The highest BCUT2D eigenvalue weighted by atomic mass is 79.9. The maximum Gasteiger partial charge on any atom is 0.00723 e. The Hall–Kier alpha value is 0.790. The first kappa shape index (κ1) is 13.8. The minimum absolute atomic E-state index is 0.714. The van der Waals surface area contributed by atoms with E-state index < -0.39 is 0 Å². The Labute approximate surface area is 95.6 Å². The van der Waals surface area contributed by atoms with Gasteiger partial charge in [-0.25, -0.2) is 0 Å². The molecule has 80 valence electrons. The third-order valence-electron chi connectivity index (χ3n) is 2.05. The highest BCUT2D eigenvalue weighted by Crippen LogP contribution is 2.02. The summed E-state index contributed by atoms with van der Waals surface area (Å²) in [7, 11) is 0. The van der Waals surface area contributed by atoms with Crippen LogP contribution in [-0.2, 0) is 0 Å². The number of nitrogens with one attached hydrogen (secondary N) is 1. The number of alkyl halides is 1. The van der Waals surface area contributed by atoms with E-state index in [1.54, 1.807) is 0 Å². The summed E-state index contributed by atoms with van der Waals surface area (Å²) < 4.78 is 0. The smallest absolute Gasteiger partial charge is 0.00723 e. The summed E-state index contributed by atoms with van der Waals surface area (Å²) in [5, 5.41) is 4.70. The van der Waals surface area contributed by atoms with E-state index in [1.807, 2.05) is 11.8 Å². The van der Waals surface area contributed by atoms with Crippen molar-refractivity contribution in [3.8, 4) is 0 Å². The van der Waals surface area contributed by atoms with Gasteiger partial charge in [0.05, 0.1) is 0 Å². The Balaban J connectivity index is 3.17. The molecule has 0 rings (SSSR count). The molecule has 0 radical (unpaired) electrons. The molecule has 0 bridgehead atoms. The van der Waals surface area contributed by atoms with Gasteiger partial charge in [-0.3, -0.25) is 0 Å². The summed E-state index contributed by atoms with van der Waals surface area (Å²) in [5.74, 6) is 2.55. The molecule has 0 aliphatic rings. The molecule has 0 saturated carbocycles. The molecule has 0 aliphatic carbocycles. The van der Waals surface area contributed by atoms with Crippen LogP contribution in [0.5, 0.6) is 0 Å². The van der Waals surface area contributed by atoms with Crippen molar-refractivity contribution in [3.05, 3.63) is 0 Å². The molecule has 0 spiro atoms. The van der Waals surface area contributed by atoms with Crippen LogP contribution in [0.15, 0.2) is 0 Å². The van der Waals surface area contributed by atoms with Crippen molar-refractivity contribution in [2.45, 2.75) is 39.2 Å². The summed E-state index contributed by atoms with van der Waals surface area (Å²) in [4.78, 5) is 0. The molecule has 1 nitrogen and oxygen atoms in total. The van der Waals surface area contributed by atoms with Crippen LogP contribution < -0.4 is 5.32 Å². The lowest BCUT2D eigenvalue weighted by Crippen LogP contribution is -2.29. The second kappa shape index (κ2) is 10.9. The lowest BCUT2D eigenvalue weighted by molar-refractivity contribution is 0.489. The SMILES string of the molecule is CCSCCCNC(CC)CCBr. The molecule has 0 aromatic carbocycles. The lowest BCUT2D eigenvalue weighted by atomic mass is 10.2. The van der Waals surface area contributed by atoms with Gasteiger partial charge in [0.15, 0.2) is 0 Å². The van der Waals surface area contributed by atoms with Crippen molar-refractivity contribution in [2.75, 3.05) is 23.4 Å². The van der Waals surface area contributed by atoms with Crippen LogP contribution in [0.2, 0.25) is 0 Å². The van der Waals surface area contributed by atoms with E-state index >= 15 is 0 Å². The summed E-state index contributed by atoms with van der Waals surface area (Å²) in [6.45, 7) is 5.65. The number of hydrogen-bond donors (Lipinski definition) is 1. The predicted molar refractivity (Wildman–Crippen MR) is 68.1 cm³/mol. The van der Waals surface area contributed by atoms with E-state index in [4.69, 9.17) is 0 Å². The maximum atomic E-state index is 3.59. The zero-order valence-corrected chi connectivity index (χ0v) is 11.2. The van der Waals surface area contributed by atoms with Crippen LogP contribution in [0.25, 0.3) is 0 Å². The molecule has 0 heterocycles. The Bertz CT molecular complexity index is 101. The largest absolute Gasteiger partial charge is 0.314 e. The average Bonchev–Trinajstić information content (AvgIpc) is 2.16. The summed E-state index contributed by atoms with van der Waals surface area (Å²) in [5.41, 5.74) is 0. The van der Waals surface area contributed by atoms with Gasteiger partial charge in [-0.15, -0.1) is 0 Å². The minimum Gasteiger partial charge on any atom is -0.314 e. The van der Waals surface area contributed by atoms with Crippen LogP contribution in [0.1, 0.15) is 33.1 Å². The summed E-state index contributed by atoms with van der Waals surface area (Å²) in [6.07, 6.45) is 3.79. The van der Waals surface area contributed by atoms with Crippen molar-refractivity contribution in [3.63, 3.8) is 0 Å². The van der Waals surface area contributed by atoms with E-state index in [2.05, 4.69) is 35.1 Å². The van der Waals surface area contributed by atoms with Gasteiger partial charge in [0.1, 0.15) is 0 Å². The molecule has 13 heavy (non-hydrogen) atoms. The molecule has 0 aromatic heterocycles. The van der Waals surface area contributed by atoms with E-state index in [9.17, 15) is 0 Å². The maximum absolute atomic E-state index is 3.59. The lowest BCUT2D eigenvalue weighted by Gasteiger charge is -2.15. The topological polar surface area (TPSA) is 12.0 Å². The molecule has 0 saturated heterocycles. The molecule has 3 heteroatoms. The van der Waals surface area contributed by atoms with Gasteiger partial charge in [-0.1, -0.05) is 29.8 Å². The van der Waals surface area contributed by atoms with Crippen LogP contribution in [0.3, 0.4) is 0 Å². The Morgan fingerprint density at radius 1 is 1.38 bits per heavy atom. The highest BCUT2D eigenvalue weighted by Gasteiger charge is 2.02. The van der Waals surface area contributed by atoms with Gasteiger partial charge in [-0.2, -0.15) is 11.8 Å². The van der Waals surface area contributed by atoms with Crippen molar-refractivity contribution in [1.29, 1.82) is 0 Å². The normalized spacial score (nSPS) is 13.2. The number of rotatable bonds is 9. The first-order valence-corrected chi connectivity index (χ1v) is 7.49. The Morgan fingerprint density at radius 2 is 2.15 bits per heavy atom. The zero-order valence-electron chi connectivity index (χ0n) is 8.81. The second-order valence-corrected chi connectivity index (χ2v) is 5.27. The van der Waals surface area contributed by atoms with Gasteiger partial charge < -0.3 is 5.32 Å². The van der Waals surface area contributed by atoms with Gasteiger partial charge in [-0.05, 0) is 37.3 Å². The third-order valence-corrected chi connectivity index (χ3v) is 3.50. The first-order valence-electron chi connectivity index (χ1n) is 5.22. The number of thioether (sulfide) groups is 1. The van der Waals surface area contributed by atoms with Crippen molar-refractivity contribution >= 4 is 27.7 Å². The van der Waals surface area contributed by atoms with Gasteiger partial charge >= 0.3 is 0 Å². The van der Waals surface area contributed by atoms with E-state index in [1.165, 1.54) is 37.3 Å². The van der Waals surface area contributed by atoms with Gasteiger partial charge in [0, 0.05) is 11.4 Å². The van der Waals surface area contributed by atoms with Crippen LogP contribution in [-0.4, -0.2) is 29.4 Å². The summed E-state index contributed by atoms with van der Waals surface area (Å²) >= 11 is 5.51. The molecule has 0 fully saturated rings. The van der Waals surface area contributed by atoms with Crippen LogP contribution in [0.4, 0.5) is 0 Å². The quantitative estimate of drug-likeness (QED) is 0.509. The molecule has 0 amide bonds. The number of halogens is 1. The zero-order chi connectivity index (χ0) is 9.94. The van der Waals surface area contributed by atoms with E-state index in [-0.39, 0.29) is 0 Å². The molecule has 1 N–H and O–H groups in total. The van der Waals surface area contributed by atoms with E-state index in [0.29, 0.717) is 6.04 Å². The highest BCUT2D eigenvalue weighted by molar-refractivity contribution is 9.09. The monoisotopic (exact) mass is 267 g/mol. The van der Waals surface area contributed by atoms with Crippen molar-refractivity contribution < 1.29 is 0 Å². The second-order valence-electron chi connectivity index (χ2n) is 3.09. The first-order chi connectivity index (χ1) is 6.35. The van der Waals surface area contributed by atoms with Gasteiger partial charge in [0.2, 0.25) is 0 Å². The third kappa shape index (κ3) is 9.10. The fourth-order valence-electron chi connectivity index (χ4n) is 1.21. The molecule has 0 aliphatic heterocycles. The minimum atomic E-state index is 0.714. The van der Waals surface area contributed by atoms with Crippen LogP contribution >= 0.6 is 27.7 Å². The Kier molecular flexibility index (Phi) is 11.5.